The maximum absolute atomic E-state index is 13.5. The predicted molar refractivity (Wildman–Crippen MR) is 94.2 cm³/mol. The van der Waals surface area contributed by atoms with E-state index in [1.807, 2.05) is 0 Å². The molecule has 0 radical (unpaired) electrons. The Kier molecular flexibility index (Phi) is 5.69. The third-order valence-corrected chi connectivity index (χ3v) is 4.24. The van der Waals surface area contributed by atoms with Crippen LogP contribution in [0.5, 0.6) is 0 Å². The molecule has 2 aromatic heterocycles. The number of rotatable bonds is 4. The van der Waals surface area contributed by atoms with Gasteiger partial charge in [-0.05, 0) is 24.3 Å². The maximum Gasteiger partial charge on any atom is 0.433 e. The summed E-state index contributed by atoms with van der Waals surface area (Å²) < 4.78 is 86.0. The Hall–Kier alpha value is -3.17. The van der Waals surface area contributed by atoms with Crippen molar-refractivity contribution < 1.29 is 35.9 Å². The Balaban J connectivity index is 2.37. The largest absolute Gasteiger partial charge is 0.451 e. The first-order chi connectivity index (χ1) is 14.0. The van der Waals surface area contributed by atoms with Crippen LogP contribution >= 0.6 is 0 Å². The molecule has 4 nitrogen and oxygen atoms in total. The van der Waals surface area contributed by atoms with Gasteiger partial charge in [0.05, 0.1) is 16.8 Å². The van der Waals surface area contributed by atoms with Crippen LogP contribution in [-0.2, 0) is 21.9 Å². The molecule has 0 saturated carbocycles. The number of hydrogen-bond donors (Lipinski definition) is 0. The smallest absolute Gasteiger partial charge is 0.433 e. The van der Waals surface area contributed by atoms with Crippen LogP contribution in [0.25, 0.3) is 10.9 Å². The summed E-state index contributed by atoms with van der Waals surface area (Å²) in [5.41, 5.74) is -3.97. The molecule has 0 aliphatic rings. The normalized spacial score (nSPS) is 13.3. The molecule has 0 aliphatic heterocycles. The van der Waals surface area contributed by atoms with Crippen LogP contribution in [0.2, 0.25) is 0 Å². The second-order valence-corrected chi connectivity index (χ2v) is 6.27. The van der Waals surface area contributed by atoms with E-state index in [4.69, 9.17) is 4.74 Å². The number of esters is 1. The SMILES string of the molecule is CCC(=O)OC(c1ccccn1)c1cc(C(F)(F)F)nc2c(C(F)(F)F)cccc12. The van der Waals surface area contributed by atoms with E-state index < -0.39 is 41.2 Å². The molecule has 3 rings (SSSR count). The molecular formula is C20H14F6N2O2. The molecule has 2 heterocycles. The second-order valence-electron chi connectivity index (χ2n) is 6.27. The van der Waals surface area contributed by atoms with E-state index in [0.717, 1.165) is 6.07 Å². The number of aromatic nitrogens is 2. The molecule has 158 valence electrons. The predicted octanol–water partition coefficient (Wildman–Crippen LogP) is 5.71. The molecule has 0 bridgehead atoms. The number of pyridine rings is 2. The molecular weight excluding hydrogens is 414 g/mol. The summed E-state index contributed by atoms with van der Waals surface area (Å²) in [7, 11) is 0. The quantitative estimate of drug-likeness (QED) is 0.395. The lowest BCUT2D eigenvalue weighted by Gasteiger charge is -2.21. The number of para-hydroxylation sites is 1. The number of carbonyl (C=O) groups is 1. The summed E-state index contributed by atoms with van der Waals surface area (Å²) in [6, 6.07) is 7.95. The molecule has 0 N–H and O–H groups in total. The van der Waals surface area contributed by atoms with Gasteiger partial charge in [-0.15, -0.1) is 0 Å². The van der Waals surface area contributed by atoms with Crippen LogP contribution in [-0.4, -0.2) is 15.9 Å². The van der Waals surface area contributed by atoms with Gasteiger partial charge in [0.15, 0.2) is 6.10 Å². The first-order valence-corrected chi connectivity index (χ1v) is 8.70. The average Bonchev–Trinajstić information content (AvgIpc) is 2.69. The van der Waals surface area contributed by atoms with Crippen molar-refractivity contribution in [2.24, 2.45) is 0 Å². The Labute approximate surface area is 166 Å². The van der Waals surface area contributed by atoms with Gasteiger partial charge in [-0.3, -0.25) is 9.78 Å². The van der Waals surface area contributed by atoms with Gasteiger partial charge in [0.1, 0.15) is 5.69 Å². The minimum Gasteiger partial charge on any atom is -0.451 e. The molecule has 3 aromatic rings. The number of carbonyl (C=O) groups excluding carboxylic acids is 1. The minimum atomic E-state index is -5.02. The van der Waals surface area contributed by atoms with Crippen molar-refractivity contribution in [1.29, 1.82) is 0 Å². The summed E-state index contributed by atoms with van der Waals surface area (Å²) in [6.45, 7) is 1.48. The summed E-state index contributed by atoms with van der Waals surface area (Å²) in [4.78, 5) is 19.2. The van der Waals surface area contributed by atoms with Gasteiger partial charge in [0, 0.05) is 23.6 Å². The van der Waals surface area contributed by atoms with E-state index in [2.05, 4.69) is 9.97 Å². The fourth-order valence-electron chi connectivity index (χ4n) is 2.89. The Bertz CT molecular complexity index is 1060. The van der Waals surface area contributed by atoms with Gasteiger partial charge in [-0.1, -0.05) is 25.1 Å². The first kappa shape index (κ1) is 21.5. The van der Waals surface area contributed by atoms with E-state index in [1.165, 1.54) is 37.4 Å². The fourth-order valence-corrected chi connectivity index (χ4v) is 2.89. The zero-order chi connectivity index (χ0) is 22.1. The van der Waals surface area contributed by atoms with E-state index in [0.29, 0.717) is 12.1 Å². The lowest BCUT2D eigenvalue weighted by atomic mass is 9.97. The summed E-state index contributed by atoms with van der Waals surface area (Å²) >= 11 is 0. The molecule has 0 amide bonds. The molecule has 0 spiro atoms. The molecule has 1 unspecified atom stereocenters. The van der Waals surface area contributed by atoms with Crippen LogP contribution in [0.1, 0.15) is 42.0 Å². The molecule has 0 aliphatic carbocycles. The van der Waals surface area contributed by atoms with Crippen LogP contribution in [0, 0.1) is 0 Å². The number of nitrogens with zero attached hydrogens (tertiary/aromatic N) is 2. The zero-order valence-corrected chi connectivity index (χ0v) is 15.4. The number of alkyl halides is 6. The Morgan fingerprint density at radius 2 is 1.77 bits per heavy atom. The number of hydrogen-bond acceptors (Lipinski definition) is 4. The van der Waals surface area contributed by atoms with E-state index in [-0.39, 0.29) is 23.1 Å². The Morgan fingerprint density at radius 3 is 2.33 bits per heavy atom. The molecule has 1 aromatic carbocycles. The van der Waals surface area contributed by atoms with E-state index in [1.54, 1.807) is 0 Å². The summed E-state index contributed by atoms with van der Waals surface area (Å²) in [5.74, 6) is -0.754. The third-order valence-electron chi connectivity index (χ3n) is 4.24. The van der Waals surface area contributed by atoms with Crippen LogP contribution < -0.4 is 0 Å². The summed E-state index contributed by atoms with van der Waals surface area (Å²) in [5, 5.41) is -0.225. The van der Waals surface area contributed by atoms with Gasteiger partial charge in [-0.2, -0.15) is 26.3 Å². The Morgan fingerprint density at radius 1 is 1.03 bits per heavy atom. The fraction of sp³-hybridized carbons (Fsp3) is 0.250. The number of benzene rings is 1. The van der Waals surface area contributed by atoms with Crippen molar-refractivity contribution in [1.82, 2.24) is 9.97 Å². The van der Waals surface area contributed by atoms with Gasteiger partial charge in [0.25, 0.3) is 0 Å². The molecule has 0 fully saturated rings. The van der Waals surface area contributed by atoms with Crippen molar-refractivity contribution in [2.45, 2.75) is 31.8 Å². The van der Waals surface area contributed by atoms with E-state index >= 15 is 0 Å². The van der Waals surface area contributed by atoms with Crippen molar-refractivity contribution in [3.8, 4) is 0 Å². The zero-order valence-electron chi connectivity index (χ0n) is 15.4. The van der Waals surface area contributed by atoms with Crippen molar-refractivity contribution in [3.63, 3.8) is 0 Å². The average molecular weight is 428 g/mol. The van der Waals surface area contributed by atoms with Crippen molar-refractivity contribution in [2.75, 3.05) is 0 Å². The second kappa shape index (κ2) is 7.92. The van der Waals surface area contributed by atoms with E-state index in [9.17, 15) is 31.1 Å². The third kappa shape index (κ3) is 4.37. The highest BCUT2D eigenvalue weighted by Gasteiger charge is 2.38. The highest BCUT2D eigenvalue weighted by Crippen LogP contribution is 2.40. The van der Waals surface area contributed by atoms with Crippen molar-refractivity contribution in [3.05, 3.63) is 71.2 Å². The number of fused-ring (bicyclic) bond motifs is 1. The number of ether oxygens (including phenoxy) is 1. The molecule has 30 heavy (non-hydrogen) atoms. The maximum atomic E-state index is 13.5. The van der Waals surface area contributed by atoms with Gasteiger partial charge in [-0.25, -0.2) is 4.98 Å². The highest BCUT2D eigenvalue weighted by atomic mass is 19.4. The summed E-state index contributed by atoms with van der Waals surface area (Å²) in [6.07, 6.45) is -10.2. The minimum absolute atomic E-state index is 0.0670. The molecule has 10 heteroatoms. The standard InChI is InChI=1S/C20H14F6N2O2/c1-2-16(29)30-18(14-8-3-4-9-27-14)12-10-15(20(24,25)26)28-17-11(12)6-5-7-13(17)19(21,22)23/h3-10,18H,2H2,1H3. The highest BCUT2D eigenvalue weighted by molar-refractivity contribution is 5.87. The molecule has 0 saturated heterocycles. The van der Waals surface area contributed by atoms with Gasteiger partial charge >= 0.3 is 18.3 Å². The lowest BCUT2D eigenvalue weighted by molar-refractivity contribution is -0.147. The van der Waals surface area contributed by atoms with Crippen molar-refractivity contribution >= 4 is 16.9 Å². The topological polar surface area (TPSA) is 52.1 Å². The van der Waals surface area contributed by atoms with Gasteiger partial charge in [0.2, 0.25) is 0 Å². The van der Waals surface area contributed by atoms with Crippen LogP contribution in [0.3, 0.4) is 0 Å². The molecule has 1 atom stereocenters. The number of halogens is 6. The van der Waals surface area contributed by atoms with Crippen LogP contribution in [0.4, 0.5) is 26.3 Å². The van der Waals surface area contributed by atoms with Gasteiger partial charge < -0.3 is 4.74 Å². The van der Waals surface area contributed by atoms with Crippen LogP contribution in [0.15, 0.2) is 48.7 Å². The monoisotopic (exact) mass is 428 g/mol. The lowest BCUT2D eigenvalue weighted by Crippen LogP contribution is -2.17. The first-order valence-electron chi connectivity index (χ1n) is 8.70.